The fourth-order valence-electron chi connectivity index (χ4n) is 3.51. The van der Waals surface area contributed by atoms with E-state index in [2.05, 4.69) is 0 Å². The predicted molar refractivity (Wildman–Crippen MR) is 107 cm³/mol. The lowest BCUT2D eigenvalue weighted by Gasteiger charge is -2.39. The number of carbonyl (C=O) groups excluding carboxylic acids is 1. The molecule has 0 aliphatic carbocycles. The number of aliphatic hydroxyl groups is 3. The van der Waals surface area contributed by atoms with Crippen LogP contribution in [0.2, 0.25) is 0 Å². The number of ether oxygens (including phenoxy) is 1. The van der Waals surface area contributed by atoms with E-state index in [1.807, 2.05) is 56.3 Å². The molecule has 0 fully saturated rings. The Morgan fingerprint density at radius 3 is 2.00 bits per heavy atom. The van der Waals surface area contributed by atoms with Crippen molar-refractivity contribution in [3.05, 3.63) is 70.3 Å². The third kappa shape index (κ3) is 4.42. The molecule has 0 heterocycles. The molecule has 152 valence electrons. The number of aliphatic hydroxyl groups excluding tert-OH is 3. The molecule has 1 atom stereocenters. The summed E-state index contributed by atoms with van der Waals surface area (Å²) in [6.45, 7) is 1.19. The smallest absolute Gasteiger partial charge is 0.338 e. The summed E-state index contributed by atoms with van der Waals surface area (Å²) in [4.78, 5) is 14.8. The minimum atomic E-state index is -0.538. The number of hydrogen-bond acceptors (Lipinski definition) is 6. The SMILES string of the molecule is CC[C@](COC(=O)c1cc(CO)c(CO)c(CO)c1)(c1ccccc1)N(C)C. The maximum atomic E-state index is 12.7. The molecule has 6 heteroatoms. The summed E-state index contributed by atoms with van der Waals surface area (Å²) in [5, 5.41) is 28.6. The van der Waals surface area contributed by atoms with Crippen LogP contribution in [0.4, 0.5) is 0 Å². The molecule has 0 saturated heterocycles. The van der Waals surface area contributed by atoms with E-state index in [1.54, 1.807) is 0 Å². The van der Waals surface area contributed by atoms with Gasteiger partial charge in [0.05, 0.1) is 30.9 Å². The maximum absolute atomic E-state index is 12.7. The Morgan fingerprint density at radius 1 is 1.00 bits per heavy atom. The standard InChI is InChI=1S/C22H29NO5/c1-4-22(23(2)3,19-8-6-5-7-9-19)15-28-21(27)16-10-17(12-24)20(14-26)18(11-16)13-25/h5-11,24-26H,4,12-15H2,1-3H3/t22-/m0/s1. The van der Waals surface area contributed by atoms with Crippen molar-refractivity contribution in [3.63, 3.8) is 0 Å². The van der Waals surface area contributed by atoms with Crippen LogP contribution in [0, 0.1) is 0 Å². The van der Waals surface area contributed by atoms with Crippen LogP contribution < -0.4 is 0 Å². The Morgan fingerprint density at radius 2 is 1.57 bits per heavy atom. The van der Waals surface area contributed by atoms with E-state index in [9.17, 15) is 20.1 Å². The zero-order valence-corrected chi connectivity index (χ0v) is 16.7. The van der Waals surface area contributed by atoms with Crippen LogP contribution >= 0.6 is 0 Å². The summed E-state index contributed by atoms with van der Waals surface area (Å²) in [7, 11) is 3.90. The molecule has 0 unspecified atom stereocenters. The summed E-state index contributed by atoms with van der Waals surface area (Å²) in [5.41, 5.74) is 2.06. The van der Waals surface area contributed by atoms with Crippen LogP contribution in [0.5, 0.6) is 0 Å². The van der Waals surface area contributed by atoms with Crippen LogP contribution in [0.3, 0.4) is 0 Å². The zero-order valence-electron chi connectivity index (χ0n) is 16.7. The third-order valence-electron chi connectivity index (χ3n) is 5.36. The van der Waals surface area contributed by atoms with Crippen LogP contribution in [0.1, 0.15) is 46.0 Å². The number of likely N-dealkylation sites (N-methyl/N-ethyl adjacent to an activating group) is 1. The van der Waals surface area contributed by atoms with E-state index < -0.39 is 11.5 Å². The van der Waals surface area contributed by atoms with Crippen LogP contribution in [0.15, 0.2) is 42.5 Å². The first kappa shape index (κ1) is 22.0. The van der Waals surface area contributed by atoms with Gasteiger partial charge in [-0.05, 0) is 54.9 Å². The molecule has 0 aliphatic rings. The van der Waals surface area contributed by atoms with Crippen molar-refractivity contribution in [2.75, 3.05) is 20.7 Å². The van der Waals surface area contributed by atoms with Gasteiger partial charge in [0.2, 0.25) is 0 Å². The zero-order chi connectivity index (χ0) is 20.7. The topological polar surface area (TPSA) is 90.2 Å². The van der Waals surface area contributed by atoms with Crippen molar-refractivity contribution < 1.29 is 24.9 Å². The van der Waals surface area contributed by atoms with Gasteiger partial charge in [0, 0.05) is 0 Å². The molecule has 3 N–H and O–H groups in total. The molecule has 0 bridgehead atoms. The Bertz CT molecular complexity index is 766. The molecule has 0 saturated carbocycles. The van der Waals surface area contributed by atoms with E-state index in [0.717, 1.165) is 12.0 Å². The van der Waals surface area contributed by atoms with Crippen molar-refractivity contribution in [2.24, 2.45) is 0 Å². The van der Waals surface area contributed by atoms with Crippen LogP contribution in [-0.4, -0.2) is 46.9 Å². The molecule has 28 heavy (non-hydrogen) atoms. The van der Waals surface area contributed by atoms with Crippen molar-refractivity contribution in [3.8, 4) is 0 Å². The average molecular weight is 387 g/mol. The fourth-order valence-corrected chi connectivity index (χ4v) is 3.51. The summed E-state index contributed by atoms with van der Waals surface area (Å²) >= 11 is 0. The van der Waals surface area contributed by atoms with Crippen molar-refractivity contribution >= 4 is 5.97 Å². The van der Waals surface area contributed by atoms with E-state index >= 15 is 0 Å². The van der Waals surface area contributed by atoms with E-state index in [-0.39, 0.29) is 32.0 Å². The highest BCUT2D eigenvalue weighted by Gasteiger charge is 2.34. The largest absolute Gasteiger partial charge is 0.460 e. The molecule has 0 amide bonds. The Balaban J connectivity index is 2.31. The van der Waals surface area contributed by atoms with Crippen molar-refractivity contribution in [1.29, 1.82) is 0 Å². The molecule has 2 aromatic carbocycles. The third-order valence-corrected chi connectivity index (χ3v) is 5.36. The number of nitrogens with zero attached hydrogens (tertiary/aromatic N) is 1. The predicted octanol–water partition coefficient (Wildman–Crippen LogP) is 2.19. The van der Waals surface area contributed by atoms with E-state index in [0.29, 0.717) is 16.7 Å². The second-order valence-corrected chi connectivity index (χ2v) is 6.97. The van der Waals surface area contributed by atoms with Gasteiger partial charge in [0.25, 0.3) is 0 Å². The first-order valence-corrected chi connectivity index (χ1v) is 9.30. The number of carbonyl (C=O) groups is 1. The lowest BCUT2D eigenvalue weighted by molar-refractivity contribution is 0.0119. The van der Waals surface area contributed by atoms with Gasteiger partial charge in [0.15, 0.2) is 0 Å². The van der Waals surface area contributed by atoms with E-state index in [4.69, 9.17) is 4.74 Å². The van der Waals surface area contributed by atoms with Crippen LogP contribution in [-0.2, 0) is 30.1 Å². The van der Waals surface area contributed by atoms with Crippen molar-refractivity contribution in [1.82, 2.24) is 4.90 Å². The molecule has 2 aromatic rings. The quantitative estimate of drug-likeness (QED) is 0.572. The Kier molecular flexibility index (Phi) is 7.71. The molecule has 6 nitrogen and oxygen atoms in total. The van der Waals surface area contributed by atoms with Crippen LogP contribution in [0.25, 0.3) is 0 Å². The Hall–Kier alpha value is -2.25. The Labute approximate surface area is 166 Å². The molecule has 2 rings (SSSR count). The van der Waals surface area contributed by atoms with Gasteiger partial charge >= 0.3 is 5.97 Å². The highest BCUT2D eigenvalue weighted by Crippen LogP contribution is 2.31. The number of rotatable bonds is 9. The molecular formula is C22H29NO5. The van der Waals surface area contributed by atoms with Gasteiger partial charge in [-0.25, -0.2) is 4.79 Å². The second-order valence-electron chi connectivity index (χ2n) is 6.97. The lowest BCUT2D eigenvalue weighted by Crippen LogP contribution is -2.45. The monoisotopic (exact) mass is 387 g/mol. The first-order chi connectivity index (χ1) is 13.4. The first-order valence-electron chi connectivity index (χ1n) is 9.30. The van der Waals surface area contributed by atoms with Gasteiger partial charge in [-0.1, -0.05) is 37.3 Å². The second kappa shape index (κ2) is 9.80. The van der Waals surface area contributed by atoms with Gasteiger partial charge in [-0.15, -0.1) is 0 Å². The highest BCUT2D eigenvalue weighted by molar-refractivity contribution is 5.90. The number of benzene rings is 2. The minimum absolute atomic E-state index is 0.157. The number of esters is 1. The molecule has 0 spiro atoms. The summed E-state index contributed by atoms with van der Waals surface area (Å²) in [6.07, 6.45) is 0.741. The van der Waals surface area contributed by atoms with Gasteiger partial charge < -0.3 is 20.1 Å². The molecular weight excluding hydrogens is 358 g/mol. The maximum Gasteiger partial charge on any atom is 0.338 e. The van der Waals surface area contributed by atoms with Crippen molar-refractivity contribution in [2.45, 2.75) is 38.7 Å². The van der Waals surface area contributed by atoms with Gasteiger partial charge in [-0.2, -0.15) is 0 Å². The normalized spacial score (nSPS) is 13.4. The van der Waals surface area contributed by atoms with Gasteiger partial charge in [0.1, 0.15) is 6.61 Å². The summed E-state index contributed by atoms with van der Waals surface area (Å²) in [6, 6.07) is 12.9. The molecule has 0 radical (unpaired) electrons. The lowest BCUT2D eigenvalue weighted by atomic mass is 9.86. The summed E-state index contributed by atoms with van der Waals surface area (Å²) < 4.78 is 5.67. The van der Waals surface area contributed by atoms with E-state index in [1.165, 1.54) is 12.1 Å². The number of hydrogen-bond donors (Lipinski definition) is 3. The summed E-state index contributed by atoms with van der Waals surface area (Å²) in [5.74, 6) is -0.538. The average Bonchev–Trinajstić information content (AvgIpc) is 2.73. The van der Waals surface area contributed by atoms with Gasteiger partial charge in [-0.3, -0.25) is 4.90 Å². The molecule has 0 aliphatic heterocycles. The molecule has 0 aromatic heterocycles. The fraction of sp³-hybridized carbons (Fsp3) is 0.409. The highest BCUT2D eigenvalue weighted by atomic mass is 16.5. The minimum Gasteiger partial charge on any atom is -0.460 e.